The van der Waals surface area contributed by atoms with Crippen LogP contribution in [0.5, 0.6) is 0 Å². The van der Waals surface area contributed by atoms with Gasteiger partial charge in [-0.1, -0.05) is 55.9 Å². The average Bonchev–Trinajstić information content (AvgIpc) is 2.84. The molecule has 0 aliphatic rings. The number of carbonyl (C=O) groups excluding carboxylic acids is 1. The van der Waals surface area contributed by atoms with Crippen LogP contribution in [0.3, 0.4) is 0 Å². The van der Waals surface area contributed by atoms with Crippen molar-refractivity contribution in [1.82, 2.24) is 20.1 Å². The number of nitrogens with one attached hydrogen (secondary N) is 1. The molecule has 0 saturated heterocycles. The predicted molar refractivity (Wildman–Crippen MR) is 93.2 cm³/mol. The van der Waals surface area contributed by atoms with E-state index in [1.54, 1.807) is 0 Å². The number of aryl methyl sites for hydroxylation is 1. The molecule has 0 aliphatic heterocycles. The van der Waals surface area contributed by atoms with Gasteiger partial charge in [0.05, 0.1) is 11.8 Å². The first-order valence-electron chi connectivity index (χ1n) is 7.80. The smallest absolute Gasteiger partial charge is 0.230 e. The lowest BCUT2D eigenvalue weighted by Crippen LogP contribution is -2.31. The van der Waals surface area contributed by atoms with Gasteiger partial charge < -0.3 is 9.88 Å². The van der Waals surface area contributed by atoms with E-state index in [-0.39, 0.29) is 11.9 Å². The Morgan fingerprint density at radius 3 is 2.52 bits per heavy atom. The van der Waals surface area contributed by atoms with Gasteiger partial charge in [0.1, 0.15) is 5.82 Å². The lowest BCUT2D eigenvalue weighted by Gasteiger charge is -2.21. The van der Waals surface area contributed by atoms with Gasteiger partial charge in [-0.05, 0) is 24.8 Å². The summed E-state index contributed by atoms with van der Waals surface area (Å²) in [4.78, 5) is 12.3. The number of carbonyl (C=O) groups is 1. The molecule has 0 bridgehead atoms. The zero-order valence-electron chi connectivity index (χ0n) is 14.1. The Labute approximate surface area is 141 Å². The van der Waals surface area contributed by atoms with E-state index in [0.717, 1.165) is 23.0 Å². The number of amides is 1. The van der Waals surface area contributed by atoms with Crippen molar-refractivity contribution in [2.45, 2.75) is 38.4 Å². The van der Waals surface area contributed by atoms with Crippen molar-refractivity contribution in [2.75, 3.05) is 5.75 Å². The summed E-state index contributed by atoms with van der Waals surface area (Å²) >= 11 is 1.41. The molecule has 6 heteroatoms. The van der Waals surface area contributed by atoms with Crippen LogP contribution in [-0.2, 0) is 11.8 Å². The van der Waals surface area contributed by atoms with Gasteiger partial charge in [-0.3, -0.25) is 4.79 Å². The summed E-state index contributed by atoms with van der Waals surface area (Å²) in [7, 11) is 1.90. The third kappa shape index (κ3) is 5.10. The van der Waals surface area contributed by atoms with Crippen molar-refractivity contribution in [2.24, 2.45) is 13.0 Å². The van der Waals surface area contributed by atoms with Crippen LogP contribution >= 0.6 is 11.8 Å². The van der Waals surface area contributed by atoms with Crippen LogP contribution in [0, 0.1) is 12.8 Å². The van der Waals surface area contributed by atoms with Gasteiger partial charge in [0.2, 0.25) is 5.91 Å². The minimum absolute atomic E-state index is 0.0187. The Kier molecular flexibility index (Phi) is 6.21. The van der Waals surface area contributed by atoms with Crippen molar-refractivity contribution in [3.63, 3.8) is 0 Å². The molecule has 2 rings (SSSR count). The number of thioether (sulfide) groups is 1. The van der Waals surface area contributed by atoms with E-state index in [1.165, 1.54) is 11.8 Å². The molecule has 0 fully saturated rings. The summed E-state index contributed by atoms with van der Waals surface area (Å²) in [5, 5.41) is 12.0. The molecule has 124 valence electrons. The van der Waals surface area contributed by atoms with E-state index in [0.29, 0.717) is 11.7 Å². The van der Waals surface area contributed by atoms with Crippen LogP contribution in [-0.4, -0.2) is 26.4 Å². The minimum atomic E-state index is 0.0187. The third-order valence-electron chi connectivity index (χ3n) is 3.63. The van der Waals surface area contributed by atoms with Gasteiger partial charge in [0.15, 0.2) is 5.16 Å². The van der Waals surface area contributed by atoms with Gasteiger partial charge in [0, 0.05) is 7.05 Å². The van der Waals surface area contributed by atoms with Crippen molar-refractivity contribution in [3.8, 4) is 0 Å². The fourth-order valence-electron chi connectivity index (χ4n) is 2.31. The van der Waals surface area contributed by atoms with Crippen LogP contribution < -0.4 is 5.32 Å². The predicted octanol–water partition coefficient (Wildman–Crippen LogP) is 3.12. The van der Waals surface area contributed by atoms with Gasteiger partial charge >= 0.3 is 0 Å². The maximum Gasteiger partial charge on any atom is 0.230 e. The molecule has 1 N–H and O–H groups in total. The number of hydrogen-bond donors (Lipinski definition) is 1. The molecule has 1 aromatic carbocycles. The zero-order valence-corrected chi connectivity index (χ0v) is 14.9. The highest BCUT2D eigenvalue weighted by molar-refractivity contribution is 7.99. The second-order valence-electron chi connectivity index (χ2n) is 6.04. The normalized spacial score (nSPS) is 12.4. The van der Waals surface area contributed by atoms with Gasteiger partial charge in [-0.15, -0.1) is 10.2 Å². The van der Waals surface area contributed by atoms with Crippen molar-refractivity contribution in [1.29, 1.82) is 0 Å². The minimum Gasteiger partial charge on any atom is -0.349 e. The Balaban J connectivity index is 1.96. The summed E-state index contributed by atoms with van der Waals surface area (Å²) in [6, 6.07) is 10.2. The highest BCUT2D eigenvalue weighted by Crippen LogP contribution is 2.22. The molecule has 1 atom stereocenters. The van der Waals surface area contributed by atoms with Crippen molar-refractivity contribution >= 4 is 17.7 Å². The standard InChI is InChI=1S/C17H24N4OS/c1-12(2)10-15(14-8-6-5-7-9-14)18-16(22)11-23-17-20-19-13(3)21(17)4/h5-9,12,15H,10-11H2,1-4H3,(H,18,22)/t15-/m0/s1. The third-order valence-corrected chi connectivity index (χ3v) is 4.65. The molecule has 1 amide bonds. The SMILES string of the molecule is Cc1nnc(SCC(=O)N[C@@H](CC(C)C)c2ccccc2)n1C. The van der Waals surface area contributed by atoms with Crippen LogP contribution in [0.15, 0.2) is 35.5 Å². The van der Waals surface area contributed by atoms with E-state index in [4.69, 9.17) is 0 Å². The van der Waals surface area contributed by atoms with E-state index >= 15 is 0 Å². The van der Waals surface area contributed by atoms with Crippen LogP contribution in [0.2, 0.25) is 0 Å². The van der Waals surface area contributed by atoms with Gasteiger partial charge in [0.25, 0.3) is 0 Å². The zero-order chi connectivity index (χ0) is 16.8. The second kappa shape index (κ2) is 8.15. The number of rotatable bonds is 7. The first kappa shape index (κ1) is 17.5. The Morgan fingerprint density at radius 2 is 1.96 bits per heavy atom. The highest BCUT2D eigenvalue weighted by Gasteiger charge is 2.17. The fraction of sp³-hybridized carbons (Fsp3) is 0.471. The van der Waals surface area contributed by atoms with E-state index in [1.807, 2.05) is 36.7 Å². The second-order valence-corrected chi connectivity index (χ2v) is 6.98. The van der Waals surface area contributed by atoms with Gasteiger partial charge in [-0.25, -0.2) is 0 Å². The molecular weight excluding hydrogens is 308 g/mol. The summed E-state index contributed by atoms with van der Waals surface area (Å²) in [6.45, 7) is 6.23. The molecule has 23 heavy (non-hydrogen) atoms. The lowest BCUT2D eigenvalue weighted by molar-refractivity contribution is -0.119. The Bertz CT molecular complexity index is 639. The van der Waals surface area contributed by atoms with Crippen LogP contribution in [0.1, 0.15) is 37.7 Å². The number of hydrogen-bond acceptors (Lipinski definition) is 4. The van der Waals surface area contributed by atoms with Crippen molar-refractivity contribution in [3.05, 3.63) is 41.7 Å². The van der Waals surface area contributed by atoms with E-state index < -0.39 is 0 Å². The summed E-state index contributed by atoms with van der Waals surface area (Å²) in [6.07, 6.45) is 0.920. The Morgan fingerprint density at radius 1 is 1.26 bits per heavy atom. The molecular formula is C17H24N4OS. The molecule has 0 saturated carbocycles. The molecule has 1 aromatic heterocycles. The monoisotopic (exact) mass is 332 g/mol. The molecule has 1 heterocycles. The summed E-state index contributed by atoms with van der Waals surface area (Å²) < 4.78 is 1.89. The molecule has 0 aliphatic carbocycles. The van der Waals surface area contributed by atoms with E-state index in [2.05, 4.69) is 41.5 Å². The highest BCUT2D eigenvalue weighted by atomic mass is 32.2. The summed E-state index contributed by atoms with van der Waals surface area (Å²) in [5.74, 6) is 1.71. The first-order valence-corrected chi connectivity index (χ1v) is 8.79. The maximum atomic E-state index is 12.3. The quantitative estimate of drug-likeness (QED) is 0.792. The molecule has 2 aromatic rings. The van der Waals surface area contributed by atoms with E-state index in [9.17, 15) is 4.79 Å². The lowest BCUT2D eigenvalue weighted by atomic mass is 9.97. The molecule has 0 radical (unpaired) electrons. The topological polar surface area (TPSA) is 59.8 Å². The van der Waals surface area contributed by atoms with Crippen LogP contribution in [0.4, 0.5) is 0 Å². The largest absolute Gasteiger partial charge is 0.349 e. The fourth-order valence-corrected chi connectivity index (χ4v) is 3.08. The Hall–Kier alpha value is -1.82. The average molecular weight is 332 g/mol. The summed E-state index contributed by atoms with van der Waals surface area (Å²) in [5.41, 5.74) is 1.15. The maximum absolute atomic E-state index is 12.3. The molecule has 0 spiro atoms. The van der Waals surface area contributed by atoms with Crippen molar-refractivity contribution < 1.29 is 4.79 Å². The molecule has 5 nitrogen and oxygen atoms in total. The van der Waals surface area contributed by atoms with Gasteiger partial charge in [-0.2, -0.15) is 0 Å². The first-order chi connectivity index (χ1) is 11.0. The number of benzene rings is 1. The van der Waals surface area contributed by atoms with Crippen LogP contribution in [0.25, 0.3) is 0 Å². The number of nitrogens with zero attached hydrogens (tertiary/aromatic N) is 3. The molecule has 0 unspecified atom stereocenters. The number of aromatic nitrogens is 3.